The minimum atomic E-state index is -3.85. The highest BCUT2D eigenvalue weighted by Crippen LogP contribution is 2.20. The molecule has 1 atom stereocenters. The molecule has 0 spiro atoms. The van der Waals surface area contributed by atoms with E-state index in [4.69, 9.17) is 0 Å². The van der Waals surface area contributed by atoms with Gasteiger partial charge in [0, 0.05) is 24.5 Å². The van der Waals surface area contributed by atoms with Crippen LogP contribution in [0.5, 0.6) is 0 Å². The van der Waals surface area contributed by atoms with Gasteiger partial charge in [-0.15, -0.1) is 0 Å². The first kappa shape index (κ1) is 15.5. The summed E-state index contributed by atoms with van der Waals surface area (Å²) in [5, 5.41) is 0. The Morgan fingerprint density at radius 2 is 1.90 bits per heavy atom. The minimum absolute atomic E-state index is 0.262. The van der Waals surface area contributed by atoms with E-state index in [0.29, 0.717) is 6.42 Å². The Morgan fingerprint density at radius 1 is 1.19 bits per heavy atom. The maximum atomic E-state index is 12.4. The summed E-state index contributed by atoms with van der Waals surface area (Å²) in [5.74, 6) is 0. The van der Waals surface area contributed by atoms with Gasteiger partial charge >= 0.3 is 0 Å². The average Bonchev–Trinajstić information content (AvgIpc) is 2.48. The molecule has 0 aliphatic rings. The van der Waals surface area contributed by atoms with Crippen LogP contribution in [0.1, 0.15) is 31.4 Å². The number of aromatic nitrogens is 1. The SMILES string of the molecule is CCCC(NS(=O)(=O)c1c[nH]ccc1=O)c1ccccc1. The summed E-state index contributed by atoms with van der Waals surface area (Å²) < 4.78 is 27.4. The zero-order valence-electron chi connectivity index (χ0n) is 11.7. The van der Waals surface area contributed by atoms with Crippen molar-refractivity contribution >= 4 is 10.0 Å². The van der Waals surface area contributed by atoms with Crippen LogP contribution in [0.15, 0.2) is 58.5 Å². The Kier molecular flexibility index (Phi) is 4.93. The molecular weight excluding hydrogens is 288 g/mol. The molecule has 1 unspecified atom stereocenters. The first-order chi connectivity index (χ1) is 10.0. The Labute approximate surface area is 124 Å². The second-order valence-electron chi connectivity index (χ2n) is 4.75. The molecule has 1 aromatic carbocycles. The Morgan fingerprint density at radius 3 is 2.52 bits per heavy atom. The first-order valence-corrected chi connectivity index (χ1v) is 8.27. The highest BCUT2D eigenvalue weighted by atomic mass is 32.2. The molecule has 0 aliphatic heterocycles. The van der Waals surface area contributed by atoms with Crippen molar-refractivity contribution in [3.05, 3.63) is 64.6 Å². The van der Waals surface area contributed by atoms with Crippen LogP contribution in [-0.2, 0) is 10.0 Å². The fourth-order valence-corrected chi connectivity index (χ4v) is 3.44. The predicted octanol–water partition coefficient (Wildman–Crippen LogP) is 2.19. The van der Waals surface area contributed by atoms with Crippen LogP contribution < -0.4 is 10.2 Å². The van der Waals surface area contributed by atoms with E-state index >= 15 is 0 Å². The molecule has 0 aliphatic carbocycles. The largest absolute Gasteiger partial charge is 0.366 e. The summed E-state index contributed by atoms with van der Waals surface area (Å²) in [6.45, 7) is 1.99. The normalized spacial score (nSPS) is 13.0. The van der Waals surface area contributed by atoms with Gasteiger partial charge in [0.2, 0.25) is 15.5 Å². The van der Waals surface area contributed by atoms with E-state index < -0.39 is 15.5 Å². The van der Waals surface area contributed by atoms with Gasteiger partial charge in [-0.25, -0.2) is 13.1 Å². The number of nitrogens with one attached hydrogen (secondary N) is 2. The van der Waals surface area contributed by atoms with Gasteiger partial charge in [0.25, 0.3) is 0 Å². The molecule has 0 bridgehead atoms. The molecule has 6 heteroatoms. The lowest BCUT2D eigenvalue weighted by Gasteiger charge is -2.18. The van der Waals surface area contributed by atoms with Gasteiger partial charge in [-0.2, -0.15) is 0 Å². The summed E-state index contributed by atoms with van der Waals surface area (Å²) in [6.07, 6.45) is 4.10. The molecule has 1 heterocycles. The predicted molar refractivity (Wildman–Crippen MR) is 81.5 cm³/mol. The lowest BCUT2D eigenvalue weighted by molar-refractivity contribution is 0.535. The van der Waals surface area contributed by atoms with E-state index in [1.54, 1.807) is 0 Å². The molecule has 0 saturated heterocycles. The molecule has 2 rings (SSSR count). The van der Waals surface area contributed by atoms with Gasteiger partial charge in [-0.3, -0.25) is 4.79 Å². The number of hydrogen-bond acceptors (Lipinski definition) is 3. The van der Waals surface area contributed by atoms with Crippen molar-refractivity contribution in [1.29, 1.82) is 0 Å². The third kappa shape index (κ3) is 3.80. The highest BCUT2D eigenvalue weighted by molar-refractivity contribution is 7.89. The van der Waals surface area contributed by atoms with Crippen molar-refractivity contribution < 1.29 is 8.42 Å². The zero-order chi connectivity index (χ0) is 15.3. The number of benzene rings is 1. The second-order valence-corrected chi connectivity index (χ2v) is 6.43. The average molecular weight is 306 g/mol. The van der Waals surface area contributed by atoms with Gasteiger partial charge in [-0.05, 0) is 12.0 Å². The van der Waals surface area contributed by atoms with Crippen LogP contribution in [0.2, 0.25) is 0 Å². The van der Waals surface area contributed by atoms with Gasteiger partial charge in [0.1, 0.15) is 4.90 Å². The van der Waals surface area contributed by atoms with E-state index in [2.05, 4.69) is 9.71 Å². The summed E-state index contributed by atoms with van der Waals surface area (Å²) in [6, 6.07) is 10.2. The molecule has 0 fully saturated rings. The second kappa shape index (κ2) is 6.69. The van der Waals surface area contributed by atoms with Crippen LogP contribution >= 0.6 is 0 Å². The third-order valence-electron chi connectivity index (χ3n) is 3.15. The van der Waals surface area contributed by atoms with Gasteiger partial charge in [-0.1, -0.05) is 43.7 Å². The summed E-state index contributed by atoms with van der Waals surface area (Å²) in [7, 11) is -3.85. The van der Waals surface area contributed by atoms with Crippen molar-refractivity contribution in [2.45, 2.75) is 30.7 Å². The van der Waals surface area contributed by atoms with E-state index in [1.165, 1.54) is 18.5 Å². The smallest absolute Gasteiger partial charge is 0.246 e. The van der Waals surface area contributed by atoms with Crippen LogP contribution in [0.3, 0.4) is 0 Å². The highest BCUT2D eigenvalue weighted by Gasteiger charge is 2.22. The van der Waals surface area contributed by atoms with E-state index in [1.807, 2.05) is 37.3 Å². The first-order valence-electron chi connectivity index (χ1n) is 6.79. The van der Waals surface area contributed by atoms with Crippen LogP contribution in [-0.4, -0.2) is 13.4 Å². The topological polar surface area (TPSA) is 79.0 Å². The minimum Gasteiger partial charge on any atom is -0.366 e. The summed E-state index contributed by atoms with van der Waals surface area (Å²) in [4.78, 5) is 14.1. The number of H-pyrrole nitrogens is 1. The van der Waals surface area contributed by atoms with E-state index in [0.717, 1.165) is 12.0 Å². The van der Waals surface area contributed by atoms with Crippen molar-refractivity contribution in [3.8, 4) is 0 Å². The van der Waals surface area contributed by atoms with Crippen molar-refractivity contribution in [1.82, 2.24) is 9.71 Å². The fourth-order valence-electron chi connectivity index (χ4n) is 2.13. The Bertz CT molecular complexity index is 739. The van der Waals surface area contributed by atoms with Crippen molar-refractivity contribution in [2.24, 2.45) is 0 Å². The number of hydrogen-bond donors (Lipinski definition) is 2. The van der Waals surface area contributed by atoms with Crippen molar-refractivity contribution in [2.75, 3.05) is 0 Å². The van der Waals surface area contributed by atoms with Gasteiger partial charge < -0.3 is 4.98 Å². The molecule has 0 amide bonds. The van der Waals surface area contributed by atoms with Gasteiger partial charge in [0.15, 0.2) is 0 Å². The lowest BCUT2D eigenvalue weighted by atomic mass is 10.0. The molecule has 112 valence electrons. The third-order valence-corrected chi connectivity index (χ3v) is 4.65. The fraction of sp³-hybridized carbons (Fsp3) is 0.267. The number of pyridine rings is 1. The number of aromatic amines is 1. The van der Waals surface area contributed by atoms with Crippen molar-refractivity contribution in [3.63, 3.8) is 0 Å². The number of rotatable bonds is 6. The van der Waals surface area contributed by atoms with Crippen LogP contribution in [0.25, 0.3) is 0 Å². The molecule has 5 nitrogen and oxygen atoms in total. The quantitative estimate of drug-likeness (QED) is 0.858. The monoisotopic (exact) mass is 306 g/mol. The Hall–Kier alpha value is -1.92. The van der Waals surface area contributed by atoms with Crippen LogP contribution in [0.4, 0.5) is 0 Å². The maximum absolute atomic E-state index is 12.4. The molecule has 0 radical (unpaired) electrons. The van der Waals surface area contributed by atoms with E-state index in [9.17, 15) is 13.2 Å². The molecule has 2 N–H and O–H groups in total. The molecule has 21 heavy (non-hydrogen) atoms. The standard InChI is InChI=1S/C15H18N2O3S/c1-2-6-13(12-7-4-3-5-8-12)17-21(19,20)15-11-16-10-9-14(15)18/h3-5,7-11,13,17H,2,6H2,1H3,(H,16,18). The molecule has 1 aromatic heterocycles. The summed E-state index contributed by atoms with van der Waals surface area (Å²) in [5.41, 5.74) is 0.361. The molecule has 0 saturated carbocycles. The van der Waals surface area contributed by atoms with E-state index in [-0.39, 0.29) is 10.9 Å². The van der Waals surface area contributed by atoms with Gasteiger partial charge in [0.05, 0.1) is 0 Å². The van der Waals surface area contributed by atoms with Crippen LogP contribution in [0, 0.1) is 0 Å². The molecule has 2 aromatic rings. The number of sulfonamides is 1. The Balaban J connectivity index is 2.33. The zero-order valence-corrected chi connectivity index (χ0v) is 12.6. The lowest BCUT2D eigenvalue weighted by Crippen LogP contribution is -2.31. The molecular formula is C15H18N2O3S. The summed E-state index contributed by atoms with van der Waals surface area (Å²) >= 11 is 0. The maximum Gasteiger partial charge on any atom is 0.246 e.